The lowest BCUT2D eigenvalue weighted by Gasteiger charge is -2.19. The van der Waals surface area contributed by atoms with Crippen molar-refractivity contribution < 1.29 is 13.2 Å². The molecule has 5 nitrogen and oxygen atoms in total. The van der Waals surface area contributed by atoms with Crippen LogP contribution in [0.25, 0.3) is 10.8 Å². The lowest BCUT2D eigenvalue weighted by atomic mass is 10.1. The zero-order valence-electron chi connectivity index (χ0n) is 18.3. The first-order valence-electron chi connectivity index (χ1n) is 10.6. The highest BCUT2D eigenvalue weighted by Gasteiger charge is 2.30. The number of benzene rings is 2. The molecule has 1 aliphatic heterocycles. The summed E-state index contributed by atoms with van der Waals surface area (Å²) < 4.78 is 38.2. The van der Waals surface area contributed by atoms with Gasteiger partial charge in [0.1, 0.15) is 0 Å². The molecule has 0 spiro atoms. The second kappa shape index (κ2) is 11.1. The SMILES string of the molecule is CN=C(NCc1nccc2ccccc12)NC1CCN(Cc2ccc(C(F)(F)F)cc2)C1.I. The second-order valence-electron chi connectivity index (χ2n) is 7.96. The Hall–Kier alpha value is -2.40. The number of likely N-dealkylation sites (tertiary alicyclic amines) is 1. The van der Waals surface area contributed by atoms with Crippen LogP contribution in [0.4, 0.5) is 13.2 Å². The average Bonchev–Trinajstić information content (AvgIpc) is 3.23. The molecule has 1 aromatic heterocycles. The largest absolute Gasteiger partial charge is 0.416 e. The van der Waals surface area contributed by atoms with Crippen LogP contribution in [0.5, 0.6) is 0 Å². The van der Waals surface area contributed by atoms with Crippen LogP contribution in [0.1, 0.15) is 23.2 Å². The van der Waals surface area contributed by atoms with Crippen molar-refractivity contribution >= 4 is 40.7 Å². The third-order valence-electron chi connectivity index (χ3n) is 5.70. The van der Waals surface area contributed by atoms with Crippen LogP contribution in [-0.4, -0.2) is 42.0 Å². The number of alkyl halides is 3. The maximum atomic E-state index is 12.7. The minimum absolute atomic E-state index is 0. The predicted molar refractivity (Wildman–Crippen MR) is 136 cm³/mol. The van der Waals surface area contributed by atoms with Gasteiger partial charge >= 0.3 is 6.18 Å². The van der Waals surface area contributed by atoms with Crippen LogP contribution in [0, 0.1) is 0 Å². The van der Waals surface area contributed by atoms with Crippen molar-refractivity contribution in [3.63, 3.8) is 0 Å². The van der Waals surface area contributed by atoms with E-state index in [4.69, 9.17) is 0 Å². The summed E-state index contributed by atoms with van der Waals surface area (Å²) in [4.78, 5) is 11.1. The van der Waals surface area contributed by atoms with Crippen molar-refractivity contribution in [2.45, 2.75) is 31.7 Å². The van der Waals surface area contributed by atoms with E-state index in [1.807, 2.05) is 24.4 Å². The molecule has 0 bridgehead atoms. The topological polar surface area (TPSA) is 52.6 Å². The molecule has 1 saturated heterocycles. The third-order valence-corrected chi connectivity index (χ3v) is 5.70. The fourth-order valence-corrected chi connectivity index (χ4v) is 4.03. The van der Waals surface area contributed by atoms with Crippen LogP contribution < -0.4 is 10.6 Å². The first-order chi connectivity index (χ1) is 15.4. The molecule has 0 aliphatic carbocycles. The molecule has 1 atom stereocenters. The molecule has 3 aromatic rings. The Kier molecular flexibility index (Phi) is 8.52. The van der Waals surface area contributed by atoms with E-state index in [9.17, 15) is 13.2 Å². The van der Waals surface area contributed by atoms with Gasteiger partial charge < -0.3 is 10.6 Å². The first-order valence-corrected chi connectivity index (χ1v) is 10.6. The normalized spacial score (nSPS) is 17.1. The molecule has 0 saturated carbocycles. The Morgan fingerprint density at radius 3 is 2.61 bits per heavy atom. The summed E-state index contributed by atoms with van der Waals surface area (Å²) in [5.41, 5.74) is 1.22. The zero-order chi connectivity index (χ0) is 22.6. The first kappa shape index (κ1) is 25.2. The van der Waals surface area contributed by atoms with Gasteiger partial charge in [-0.3, -0.25) is 14.9 Å². The monoisotopic (exact) mass is 569 g/mol. The van der Waals surface area contributed by atoms with Crippen molar-refractivity contribution in [2.24, 2.45) is 4.99 Å². The number of aromatic nitrogens is 1. The molecule has 0 radical (unpaired) electrons. The molecule has 33 heavy (non-hydrogen) atoms. The summed E-state index contributed by atoms with van der Waals surface area (Å²) in [6, 6.07) is 15.8. The van der Waals surface area contributed by atoms with Crippen LogP contribution in [0.15, 0.2) is 65.8 Å². The van der Waals surface area contributed by atoms with Crippen molar-refractivity contribution in [1.29, 1.82) is 0 Å². The molecule has 1 aliphatic rings. The Balaban J connectivity index is 0.00000306. The van der Waals surface area contributed by atoms with Gasteiger partial charge in [0.2, 0.25) is 0 Å². The molecule has 0 amide bonds. The highest BCUT2D eigenvalue weighted by molar-refractivity contribution is 14.0. The Labute approximate surface area is 208 Å². The van der Waals surface area contributed by atoms with Crippen LogP contribution in [0.3, 0.4) is 0 Å². The molecule has 1 fully saturated rings. The molecule has 2 N–H and O–H groups in total. The molecular formula is C24H27F3IN5. The van der Waals surface area contributed by atoms with Gasteiger partial charge in [0.15, 0.2) is 5.96 Å². The summed E-state index contributed by atoms with van der Waals surface area (Å²) in [6.07, 6.45) is -1.55. The molecule has 2 heterocycles. The number of nitrogens with zero attached hydrogens (tertiary/aromatic N) is 3. The molecule has 4 rings (SSSR count). The number of hydrogen-bond acceptors (Lipinski definition) is 3. The predicted octanol–water partition coefficient (Wildman–Crippen LogP) is 4.81. The van der Waals surface area contributed by atoms with Gasteiger partial charge in [-0.15, -0.1) is 24.0 Å². The summed E-state index contributed by atoms with van der Waals surface area (Å²) >= 11 is 0. The van der Waals surface area contributed by atoms with Crippen molar-refractivity contribution in [2.75, 3.05) is 20.1 Å². The fraction of sp³-hybridized carbons (Fsp3) is 0.333. The number of guanidine groups is 1. The zero-order valence-corrected chi connectivity index (χ0v) is 20.6. The van der Waals surface area contributed by atoms with Crippen LogP contribution >= 0.6 is 24.0 Å². The van der Waals surface area contributed by atoms with Gasteiger partial charge in [0.25, 0.3) is 0 Å². The second-order valence-corrected chi connectivity index (χ2v) is 7.96. The highest BCUT2D eigenvalue weighted by Crippen LogP contribution is 2.29. The standard InChI is InChI=1S/C24H26F3N5.HI/c1-28-23(30-14-22-21-5-3-2-4-18(21)10-12-29-22)31-20-11-13-32(16-20)15-17-6-8-19(9-7-17)24(25,26)27;/h2-10,12,20H,11,13-16H2,1H3,(H2,28,30,31);1H. The number of pyridine rings is 1. The van der Waals surface area contributed by atoms with Crippen LogP contribution in [-0.2, 0) is 19.3 Å². The number of halogens is 4. The van der Waals surface area contributed by atoms with E-state index in [1.165, 1.54) is 0 Å². The summed E-state index contributed by atoms with van der Waals surface area (Å²) in [6.45, 7) is 2.86. The number of aliphatic imine (C=N–C) groups is 1. The number of rotatable bonds is 5. The minimum atomic E-state index is -4.30. The van der Waals surface area contributed by atoms with E-state index in [0.717, 1.165) is 53.7 Å². The lowest BCUT2D eigenvalue weighted by Crippen LogP contribution is -2.44. The summed E-state index contributed by atoms with van der Waals surface area (Å²) in [7, 11) is 1.74. The van der Waals surface area contributed by atoms with E-state index >= 15 is 0 Å². The Morgan fingerprint density at radius 1 is 1.12 bits per heavy atom. The Bertz CT molecular complexity index is 1080. The van der Waals surface area contributed by atoms with E-state index in [-0.39, 0.29) is 30.0 Å². The van der Waals surface area contributed by atoms with E-state index in [1.54, 1.807) is 19.2 Å². The van der Waals surface area contributed by atoms with Gasteiger partial charge in [-0.25, -0.2) is 0 Å². The number of hydrogen-bond donors (Lipinski definition) is 2. The number of fused-ring (bicyclic) bond motifs is 1. The molecular weight excluding hydrogens is 542 g/mol. The lowest BCUT2D eigenvalue weighted by molar-refractivity contribution is -0.137. The molecule has 1 unspecified atom stereocenters. The van der Waals surface area contributed by atoms with Gasteiger partial charge in [0.05, 0.1) is 17.8 Å². The van der Waals surface area contributed by atoms with Crippen molar-refractivity contribution in [1.82, 2.24) is 20.5 Å². The average molecular weight is 569 g/mol. The molecule has 176 valence electrons. The quantitative estimate of drug-likeness (QED) is 0.263. The number of nitrogens with one attached hydrogen (secondary N) is 2. The van der Waals surface area contributed by atoms with E-state index in [2.05, 4.69) is 37.6 Å². The van der Waals surface area contributed by atoms with Gasteiger partial charge in [-0.2, -0.15) is 13.2 Å². The highest BCUT2D eigenvalue weighted by atomic mass is 127. The molecule has 9 heteroatoms. The Morgan fingerprint density at radius 2 is 1.88 bits per heavy atom. The maximum absolute atomic E-state index is 12.7. The minimum Gasteiger partial charge on any atom is -0.352 e. The van der Waals surface area contributed by atoms with Crippen LogP contribution in [0.2, 0.25) is 0 Å². The van der Waals surface area contributed by atoms with Gasteiger partial charge in [-0.05, 0) is 35.6 Å². The van der Waals surface area contributed by atoms with Gasteiger partial charge in [0, 0.05) is 44.3 Å². The van der Waals surface area contributed by atoms with E-state index in [0.29, 0.717) is 19.0 Å². The molecule has 2 aromatic carbocycles. The third kappa shape index (κ3) is 6.57. The summed E-state index contributed by atoms with van der Waals surface area (Å²) in [5, 5.41) is 9.05. The van der Waals surface area contributed by atoms with Gasteiger partial charge in [-0.1, -0.05) is 36.4 Å². The van der Waals surface area contributed by atoms with Crippen molar-refractivity contribution in [3.05, 3.63) is 77.6 Å². The fourth-order valence-electron chi connectivity index (χ4n) is 4.03. The smallest absolute Gasteiger partial charge is 0.352 e. The summed E-state index contributed by atoms with van der Waals surface area (Å²) in [5.74, 6) is 0.709. The maximum Gasteiger partial charge on any atom is 0.416 e. The van der Waals surface area contributed by atoms with Crippen molar-refractivity contribution in [3.8, 4) is 0 Å². The van der Waals surface area contributed by atoms with E-state index < -0.39 is 11.7 Å².